The summed E-state index contributed by atoms with van der Waals surface area (Å²) in [6, 6.07) is 13.9. The Kier molecular flexibility index (Phi) is 9.49. The molecule has 1 aromatic heterocycles. The summed E-state index contributed by atoms with van der Waals surface area (Å²) in [6.07, 6.45) is 17.3. The number of fused-ring (bicyclic) bond motifs is 5. The molecular weight excluding hydrogens is 576 g/mol. The number of allylic oxidation sites excluding steroid dienone is 4. The first kappa shape index (κ1) is 32.2. The van der Waals surface area contributed by atoms with Crippen LogP contribution < -0.4 is 0 Å². The number of hydrogen-bond acceptors (Lipinski definition) is 5. The number of benzene rings is 1. The number of carboxylic acids is 1. The van der Waals surface area contributed by atoms with Gasteiger partial charge in [0.25, 0.3) is 0 Å². The molecule has 1 aromatic carbocycles. The average Bonchev–Trinajstić information content (AvgIpc) is 3.42. The summed E-state index contributed by atoms with van der Waals surface area (Å²) in [4.78, 5) is 42.6. The Hall–Kier alpha value is -3.74. The van der Waals surface area contributed by atoms with E-state index in [9.17, 15) is 19.5 Å². The van der Waals surface area contributed by atoms with Crippen LogP contribution >= 0.6 is 0 Å². The lowest BCUT2D eigenvalue weighted by atomic mass is 9.47. The maximum absolute atomic E-state index is 12.8. The van der Waals surface area contributed by atoms with Gasteiger partial charge in [0, 0.05) is 25.4 Å². The molecular formula is C39H48N2O5. The van der Waals surface area contributed by atoms with Crippen LogP contribution in [0.3, 0.4) is 0 Å². The van der Waals surface area contributed by atoms with Crippen molar-refractivity contribution in [1.29, 1.82) is 0 Å². The lowest BCUT2D eigenvalue weighted by Gasteiger charge is -2.58. The average molecular weight is 625 g/mol. The standard InChI is InChI=1S/C39H48N2O5/c1-38-19-16-28(26-46-37(45)15-14-35(42)41(25-36(43)44)22-18-27-7-4-3-5-8-27)23-30(38)10-11-31-33-13-12-32(29-9-6-21-40-24-29)39(33,2)20-17-34(31)38/h3-10,12,21,24,28,31,33-34H,11,13-20,22-23,25-26H2,1-2H3,(H,43,44)/t28-,31-,33+,34-,38-,39+/m0/s1. The number of carbonyl (C=O) groups is 3. The minimum Gasteiger partial charge on any atom is -0.480 e. The van der Waals surface area contributed by atoms with E-state index in [0.29, 0.717) is 43.2 Å². The topological polar surface area (TPSA) is 96.8 Å². The van der Waals surface area contributed by atoms with Crippen LogP contribution in [-0.2, 0) is 25.5 Å². The molecule has 2 aromatic rings. The van der Waals surface area contributed by atoms with Crippen molar-refractivity contribution < 1.29 is 24.2 Å². The zero-order valence-electron chi connectivity index (χ0n) is 27.3. The van der Waals surface area contributed by atoms with Gasteiger partial charge in [0.1, 0.15) is 6.54 Å². The van der Waals surface area contributed by atoms with Gasteiger partial charge in [0.05, 0.1) is 13.0 Å². The second-order valence-corrected chi connectivity index (χ2v) is 14.5. The van der Waals surface area contributed by atoms with Crippen LogP contribution in [0.1, 0.15) is 82.8 Å². The number of ether oxygens (including phenoxy) is 1. The van der Waals surface area contributed by atoms with Crippen LogP contribution in [0.15, 0.2) is 72.6 Å². The maximum Gasteiger partial charge on any atom is 0.323 e. The van der Waals surface area contributed by atoms with E-state index in [4.69, 9.17) is 4.74 Å². The van der Waals surface area contributed by atoms with Gasteiger partial charge in [0.2, 0.25) is 5.91 Å². The van der Waals surface area contributed by atoms with Gasteiger partial charge in [-0.1, -0.05) is 68.0 Å². The molecule has 0 saturated heterocycles. The van der Waals surface area contributed by atoms with Crippen molar-refractivity contribution in [2.45, 2.75) is 78.1 Å². The van der Waals surface area contributed by atoms with Crippen molar-refractivity contribution in [2.24, 2.45) is 34.5 Å². The third-order valence-corrected chi connectivity index (χ3v) is 12.0. The van der Waals surface area contributed by atoms with Gasteiger partial charge in [-0.25, -0.2) is 0 Å². The lowest BCUT2D eigenvalue weighted by molar-refractivity contribution is -0.148. The van der Waals surface area contributed by atoms with Crippen molar-refractivity contribution in [3.63, 3.8) is 0 Å². The highest BCUT2D eigenvalue weighted by molar-refractivity contribution is 5.84. The Labute approximate surface area is 273 Å². The smallest absolute Gasteiger partial charge is 0.323 e. The van der Waals surface area contributed by atoms with Crippen LogP contribution in [0.2, 0.25) is 0 Å². The Morgan fingerprint density at radius 2 is 1.76 bits per heavy atom. The quantitative estimate of drug-likeness (QED) is 0.211. The summed E-state index contributed by atoms with van der Waals surface area (Å²) in [6.45, 7) is 5.29. The van der Waals surface area contributed by atoms with Crippen molar-refractivity contribution in [2.75, 3.05) is 19.7 Å². The zero-order chi connectivity index (χ0) is 32.3. The molecule has 1 amide bonds. The molecule has 0 unspecified atom stereocenters. The van der Waals surface area contributed by atoms with Gasteiger partial charge >= 0.3 is 11.9 Å². The second-order valence-electron chi connectivity index (χ2n) is 14.5. The van der Waals surface area contributed by atoms with Crippen molar-refractivity contribution in [3.05, 3.63) is 83.7 Å². The lowest BCUT2D eigenvalue weighted by Crippen LogP contribution is -2.49. The number of aliphatic carboxylic acids is 1. The summed E-state index contributed by atoms with van der Waals surface area (Å²) in [5.41, 5.74) is 5.79. The van der Waals surface area contributed by atoms with Gasteiger partial charge < -0.3 is 14.7 Å². The summed E-state index contributed by atoms with van der Waals surface area (Å²) < 4.78 is 5.70. The van der Waals surface area contributed by atoms with Crippen LogP contribution in [0.4, 0.5) is 0 Å². The minimum atomic E-state index is -1.06. The number of pyridine rings is 1. The highest BCUT2D eigenvalue weighted by Crippen LogP contribution is 2.66. The molecule has 46 heavy (non-hydrogen) atoms. The first-order valence-electron chi connectivity index (χ1n) is 17.2. The number of hydrogen-bond donors (Lipinski definition) is 1. The van der Waals surface area contributed by atoms with Gasteiger partial charge in [-0.3, -0.25) is 19.4 Å². The summed E-state index contributed by atoms with van der Waals surface area (Å²) in [7, 11) is 0. The Morgan fingerprint density at radius 1 is 0.957 bits per heavy atom. The maximum atomic E-state index is 12.8. The zero-order valence-corrected chi connectivity index (χ0v) is 27.3. The fraction of sp³-hybridized carbons (Fsp3) is 0.538. The normalized spacial score (nSPS) is 29.8. The van der Waals surface area contributed by atoms with Gasteiger partial charge in [-0.2, -0.15) is 0 Å². The van der Waals surface area contributed by atoms with Crippen LogP contribution in [0.5, 0.6) is 0 Å². The Balaban J connectivity index is 0.997. The predicted molar refractivity (Wildman–Crippen MR) is 177 cm³/mol. The van der Waals surface area contributed by atoms with Crippen LogP contribution in [0, 0.1) is 34.5 Å². The monoisotopic (exact) mass is 624 g/mol. The third-order valence-electron chi connectivity index (χ3n) is 12.0. The number of esters is 1. The largest absolute Gasteiger partial charge is 0.480 e. The molecule has 6 rings (SSSR count). The third kappa shape index (κ3) is 6.56. The van der Waals surface area contributed by atoms with Gasteiger partial charge in [-0.05, 0) is 109 Å². The minimum absolute atomic E-state index is 0.0353. The number of carbonyl (C=O) groups excluding carboxylic acids is 2. The van der Waals surface area contributed by atoms with E-state index in [1.54, 1.807) is 5.57 Å². The molecule has 2 fully saturated rings. The highest BCUT2D eigenvalue weighted by Gasteiger charge is 2.56. The number of aromatic nitrogens is 1. The van der Waals surface area contributed by atoms with Crippen molar-refractivity contribution >= 4 is 23.4 Å². The second kappa shape index (κ2) is 13.5. The Morgan fingerprint density at radius 3 is 2.52 bits per heavy atom. The molecule has 2 saturated carbocycles. The van der Waals surface area contributed by atoms with Crippen molar-refractivity contribution in [3.8, 4) is 0 Å². The fourth-order valence-electron chi connectivity index (χ4n) is 9.43. The van der Waals surface area contributed by atoms with E-state index in [1.807, 2.05) is 42.7 Å². The fourth-order valence-corrected chi connectivity index (χ4v) is 9.43. The highest BCUT2D eigenvalue weighted by atomic mass is 16.5. The van der Waals surface area contributed by atoms with Crippen molar-refractivity contribution in [1.82, 2.24) is 9.88 Å². The molecule has 0 aliphatic heterocycles. The molecule has 7 heteroatoms. The van der Waals surface area contributed by atoms with Gasteiger partial charge in [0.15, 0.2) is 0 Å². The summed E-state index contributed by atoms with van der Waals surface area (Å²) in [5.74, 6) is 0.567. The first-order valence-corrected chi connectivity index (χ1v) is 17.2. The van der Waals surface area contributed by atoms with Crippen LogP contribution in [-0.4, -0.2) is 52.5 Å². The number of amides is 1. The molecule has 4 aliphatic carbocycles. The summed E-state index contributed by atoms with van der Waals surface area (Å²) in [5, 5.41) is 9.31. The molecule has 6 atom stereocenters. The van der Waals surface area contributed by atoms with E-state index in [2.05, 4.69) is 43.1 Å². The molecule has 4 aliphatic rings. The number of nitrogens with zero attached hydrogens (tertiary/aromatic N) is 2. The van der Waals surface area contributed by atoms with E-state index in [-0.39, 0.29) is 42.1 Å². The number of carboxylic acid groups (broad SMARTS) is 1. The SMILES string of the molecule is C[C@]12CC[C@H](COC(=O)CCC(=O)N(CCc3ccccc3)CC(=O)O)CC1=CC[C@H]1[C@H]3CC=C(c4cccnc4)[C@@]3(C)CC[C@@H]12. The molecule has 244 valence electrons. The predicted octanol–water partition coefficient (Wildman–Crippen LogP) is 7.13. The molecule has 0 bridgehead atoms. The van der Waals surface area contributed by atoms with Crippen LogP contribution in [0.25, 0.3) is 5.57 Å². The molecule has 0 spiro atoms. The van der Waals surface area contributed by atoms with Gasteiger partial charge in [-0.15, -0.1) is 0 Å². The molecule has 1 heterocycles. The number of rotatable bonds is 11. The first-order chi connectivity index (χ1) is 22.2. The van der Waals surface area contributed by atoms with E-state index >= 15 is 0 Å². The molecule has 1 N–H and O–H groups in total. The van der Waals surface area contributed by atoms with E-state index in [1.165, 1.54) is 28.9 Å². The Bertz CT molecular complexity index is 1490. The summed E-state index contributed by atoms with van der Waals surface area (Å²) >= 11 is 0. The molecule has 7 nitrogen and oxygen atoms in total. The van der Waals surface area contributed by atoms with E-state index < -0.39 is 5.97 Å². The van der Waals surface area contributed by atoms with E-state index in [0.717, 1.165) is 37.7 Å². The molecule has 0 radical (unpaired) electrons.